The Balaban J connectivity index is 1.28. The summed E-state index contributed by atoms with van der Waals surface area (Å²) >= 11 is 0. The number of amides is 3. The number of aryl methyl sites for hydroxylation is 1. The second-order valence-electron chi connectivity index (χ2n) is 12.0. The maximum Gasteiger partial charge on any atom is 0.325 e. The minimum absolute atomic E-state index is 0.178. The van der Waals surface area contributed by atoms with E-state index in [0.717, 1.165) is 27.1 Å². The van der Waals surface area contributed by atoms with Crippen molar-refractivity contribution in [2.45, 2.75) is 36.7 Å². The fourth-order valence-electron chi connectivity index (χ4n) is 5.96. The molecule has 5 aromatic carbocycles. The smallest absolute Gasteiger partial charge is 0.325 e. The van der Waals surface area contributed by atoms with Crippen LogP contribution in [-0.4, -0.2) is 63.6 Å². The number of ether oxygens (including phenoxy) is 1. The average Bonchev–Trinajstić information content (AvgIpc) is 3.13. The van der Waals surface area contributed by atoms with Gasteiger partial charge in [-0.25, -0.2) is 13.2 Å². The zero-order valence-corrected chi connectivity index (χ0v) is 27.7. The Hall–Kier alpha value is -4.99. The third kappa shape index (κ3) is 7.75. The van der Waals surface area contributed by atoms with Crippen LogP contribution in [0.15, 0.2) is 132 Å². The second kappa shape index (κ2) is 14.8. The zero-order chi connectivity index (χ0) is 33.5. The molecule has 2 unspecified atom stereocenters. The highest BCUT2D eigenvalue weighted by Crippen LogP contribution is 2.26. The number of nitrogens with one attached hydrogen (secondary N) is 1. The molecule has 1 aliphatic rings. The minimum atomic E-state index is -3.81. The third-order valence-electron chi connectivity index (χ3n) is 8.72. The molecule has 0 spiro atoms. The quantitative estimate of drug-likeness (QED) is 0.179. The fraction of sp³-hybridized carbons (Fsp3) is 0.231. The van der Waals surface area contributed by atoms with Crippen molar-refractivity contribution in [1.82, 2.24) is 10.2 Å². The van der Waals surface area contributed by atoms with Crippen molar-refractivity contribution >= 4 is 49.0 Å². The average molecular weight is 662 g/mol. The number of hydrogen-bond acceptors (Lipinski definition) is 5. The molecule has 1 heterocycles. The summed E-state index contributed by atoms with van der Waals surface area (Å²) in [5.74, 6) is -0.393. The molecule has 9 heteroatoms. The van der Waals surface area contributed by atoms with E-state index in [-0.39, 0.29) is 10.9 Å². The lowest BCUT2D eigenvalue weighted by atomic mass is 10.0. The van der Waals surface area contributed by atoms with Crippen molar-refractivity contribution in [2.24, 2.45) is 0 Å². The summed E-state index contributed by atoms with van der Waals surface area (Å²) in [4.78, 5) is 31.4. The van der Waals surface area contributed by atoms with E-state index in [1.807, 2.05) is 97.1 Å². The van der Waals surface area contributed by atoms with Crippen molar-refractivity contribution in [3.8, 4) is 0 Å². The SMILES string of the molecule is CC(C(=O)NC(C=CS(=O)(=O)c1ccc2ccccc2c1)CCc1ccccc1)N(C(=O)N1CCOCC1)c1ccc2ccccc2c1. The Bertz CT molecular complexity index is 2040. The Morgan fingerprint density at radius 1 is 0.812 bits per heavy atom. The van der Waals surface area contributed by atoms with Gasteiger partial charge >= 0.3 is 6.03 Å². The van der Waals surface area contributed by atoms with Crippen LogP contribution in [-0.2, 0) is 25.8 Å². The van der Waals surface area contributed by atoms with Crippen molar-refractivity contribution in [2.75, 3.05) is 31.2 Å². The van der Waals surface area contributed by atoms with Crippen LogP contribution in [0, 0.1) is 0 Å². The van der Waals surface area contributed by atoms with Gasteiger partial charge in [-0.1, -0.05) is 97.1 Å². The molecule has 0 saturated carbocycles. The number of fused-ring (bicyclic) bond motifs is 2. The Morgan fingerprint density at radius 3 is 2.10 bits per heavy atom. The van der Waals surface area contributed by atoms with Crippen LogP contribution in [0.3, 0.4) is 0 Å². The Morgan fingerprint density at radius 2 is 1.42 bits per heavy atom. The van der Waals surface area contributed by atoms with E-state index in [1.54, 1.807) is 36.1 Å². The maximum absolute atomic E-state index is 14.0. The maximum atomic E-state index is 14.0. The molecular weight excluding hydrogens is 623 g/mol. The molecule has 1 aliphatic heterocycles. The van der Waals surface area contributed by atoms with E-state index in [0.29, 0.717) is 44.8 Å². The van der Waals surface area contributed by atoms with E-state index in [4.69, 9.17) is 4.74 Å². The molecule has 0 bridgehead atoms. The van der Waals surface area contributed by atoms with Crippen molar-refractivity contribution < 1.29 is 22.7 Å². The molecule has 0 aromatic heterocycles. The van der Waals surface area contributed by atoms with Crippen LogP contribution in [0.2, 0.25) is 0 Å². The first-order valence-electron chi connectivity index (χ1n) is 16.2. The lowest BCUT2D eigenvalue weighted by Crippen LogP contribution is -2.56. The van der Waals surface area contributed by atoms with Crippen LogP contribution >= 0.6 is 0 Å². The molecule has 48 heavy (non-hydrogen) atoms. The van der Waals surface area contributed by atoms with E-state index in [2.05, 4.69) is 5.32 Å². The zero-order valence-electron chi connectivity index (χ0n) is 26.9. The summed E-state index contributed by atoms with van der Waals surface area (Å²) < 4.78 is 32.4. The highest BCUT2D eigenvalue weighted by atomic mass is 32.2. The van der Waals surface area contributed by atoms with Crippen molar-refractivity contribution in [3.63, 3.8) is 0 Å². The molecule has 1 saturated heterocycles. The van der Waals surface area contributed by atoms with Crippen LogP contribution in [0.1, 0.15) is 18.9 Å². The largest absolute Gasteiger partial charge is 0.378 e. The van der Waals surface area contributed by atoms with Crippen LogP contribution in [0.25, 0.3) is 21.5 Å². The summed E-state index contributed by atoms with van der Waals surface area (Å²) in [7, 11) is -3.81. The predicted octanol–water partition coefficient (Wildman–Crippen LogP) is 6.75. The molecule has 5 aromatic rings. The molecule has 246 valence electrons. The van der Waals surface area contributed by atoms with E-state index in [9.17, 15) is 18.0 Å². The van der Waals surface area contributed by atoms with Gasteiger partial charge in [0.2, 0.25) is 5.91 Å². The molecule has 3 amide bonds. The summed E-state index contributed by atoms with van der Waals surface area (Å²) in [6, 6.07) is 34.3. The molecule has 0 aliphatic carbocycles. The summed E-state index contributed by atoms with van der Waals surface area (Å²) in [5, 5.41) is 7.99. The van der Waals surface area contributed by atoms with Gasteiger partial charge in [0.25, 0.3) is 0 Å². The lowest BCUT2D eigenvalue weighted by Gasteiger charge is -2.36. The number of anilines is 1. The third-order valence-corrected chi connectivity index (χ3v) is 10.1. The van der Waals surface area contributed by atoms with Gasteiger partial charge in [-0.15, -0.1) is 0 Å². The molecule has 1 N–H and O–H groups in total. The number of carbonyl (C=O) groups is 2. The number of hydrogen-bond donors (Lipinski definition) is 1. The van der Waals surface area contributed by atoms with Gasteiger partial charge in [-0.3, -0.25) is 9.69 Å². The molecule has 1 fully saturated rings. The second-order valence-corrected chi connectivity index (χ2v) is 13.8. The van der Waals surface area contributed by atoms with Crippen LogP contribution in [0.5, 0.6) is 0 Å². The number of rotatable bonds is 10. The van der Waals surface area contributed by atoms with Crippen molar-refractivity contribution in [3.05, 3.63) is 132 Å². The van der Waals surface area contributed by atoms with Crippen molar-refractivity contribution in [1.29, 1.82) is 0 Å². The molecular formula is C39H39N3O5S. The van der Waals surface area contributed by atoms with Gasteiger partial charge in [0.1, 0.15) is 6.04 Å². The van der Waals surface area contributed by atoms with Gasteiger partial charge in [0.15, 0.2) is 9.84 Å². The van der Waals surface area contributed by atoms with Gasteiger partial charge < -0.3 is 15.0 Å². The highest BCUT2D eigenvalue weighted by Gasteiger charge is 2.32. The molecule has 2 atom stereocenters. The topological polar surface area (TPSA) is 96.0 Å². The monoisotopic (exact) mass is 661 g/mol. The first-order valence-corrected chi connectivity index (χ1v) is 17.7. The number of urea groups is 1. The normalized spacial score (nSPS) is 15.0. The first-order chi connectivity index (χ1) is 23.3. The molecule has 6 rings (SSSR count). The van der Waals surface area contributed by atoms with Crippen LogP contribution < -0.4 is 10.2 Å². The van der Waals surface area contributed by atoms with E-state index in [1.165, 1.54) is 10.3 Å². The highest BCUT2D eigenvalue weighted by molar-refractivity contribution is 7.94. The number of benzene rings is 5. The summed E-state index contributed by atoms with van der Waals surface area (Å²) in [6.07, 6.45) is 2.61. The summed E-state index contributed by atoms with van der Waals surface area (Å²) in [6.45, 7) is 3.40. The van der Waals surface area contributed by atoms with Crippen LogP contribution in [0.4, 0.5) is 10.5 Å². The Labute approximate surface area is 281 Å². The number of morpholine rings is 1. The van der Waals surface area contributed by atoms with Gasteiger partial charge in [0.05, 0.1) is 18.1 Å². The van der Waals surface area contributed by atoms with Gasteiger partial charge in [-0.2, -0.15) is 0 Å². The fourth-order valence-corrected chi connectivity index (χ4v) is 7.06. The minimum Gasteiger partial charge on any atom is -0.378 e. The van der Waals surface area contributed by atoms with E-state index >= 15 is 0 Å². The number of nitrogens with zero attached hydrogens (tertiary/aromatic N) is 2. The standard InChI is InChI=1S/C39H39N3O5S/c1-29(42(39(44)41-22-24-47-25-23-41)36-19-16-31-11-5-7-13-33(31)27-36)38(43)40-35(18-15-30-9-3-2-4-10-30)21-26-48(45,46)37-20-17-32-12-6-8-14-34(32)28-37/h2-14,16-17,19-21,26-29,35H,15,18,22-25H2,1H3,(H,40,43). The Kier molecular flexibility index (Phi) is 10.2. The lowest BCUT2D eigenvalue weighted by molar-refractivity contribution is -0.122. The van der Waals surface area contributed by atoms with Gasteiger partial charge in [0, 0.05) is 30.2 Å². The van der Waals surface area contributed by atoms with Gasteiger partial charge in [-0.05, 0) is 71.1 Å². The predicted molar refractivity (Wildman–Crippen MR) is 191 cm³/mol. The number of carbonyl (C=O) groups excluding carboxylic acids is 2. The van der Waals surface area contributed by atoms with E-state index < -0.39 is 27.8 Å². The molecule has 8 nitrogen and oxygen atoms in total. The first kappa shape index (κ1) is 32.9. The number of sulfone groups is 1. The molecule has 0 radical (unpaired) electrons. The summed E-state index contributed by atoms with van der Waals surface area (Å²) in [5.41, 5.74) is 1.67.